The van der Waals surface area contributed by atoms with E-state index >= 15 is 0 Å². The molecule has 2 aliphatic rings. The largest absolute Gasteiger partial charge is 0.331 e. The van der Waals surface area contributed by atoms with Gasteiger partial charge in [-0.1, -0.05) is 18.2 Å². The molecule has 19 heavy (non-hydrogen) atoms. The molecule has 0 saturated carbocycles. The van der Waals surface area contributed by atoms with Crippen molar-refractivity contribution >= 4 is 17.6 Å². The van der Waals surface area contributed by atoms with Gasteiger partial charge in [-0.05, 0) is 24.5 Å². The van der Waals surface area contributed by atoms with E-state index < -0.39 is 0 Å². The number of amides is 3. The Hall–Kier alpha value is -2.04. The van der Waals surface area contributed by atoms with Gasteiger partial charge in [-0.15, -0.1) is 0 Å². The average Bonchev–Trinajstić information content (AvgIpc) is 2.92. The molecule has 2 heterocycles. The van der Waals surface area contributed by atoms with Crippen LogP contribution < -0.4 is 10.6 Å². The molecule has 1 aromatic carbocycles. The molecule has 2 aliphatic heterocycles. The van der Waals surface area contributed by atoms with Crippen molar-refractivity contribution in [1.82, 2.24) is 10.2 Å². The van der Waals surface area contributed by atoms with Crippen LogP contribution in [0.4, 0.5) is 10.5 Å². The van der Waals surface area contributed by atoms with E-state index in [-0.39, 0.29) is 18.0 Å². The maximum Gasteiger partial charge on any atom is 0.317 e. The predicted molar refractivity (Wildman–Crippen MR) is 71.8 cm³/mol. The van der Waals surface area contributed by atoms with Crippen molar-refractivity contribution in [3.8, 4) is 0 Å². The van der Waals surface area contributed by atoms with Crippen molar-refractivity contribution in [3.63, 3.8) is 0 Å². The van der Waals surface area contributed by atoms with Crippen LogP contribution >= 0.6 is 0 Å². The first-order valence-electron chi connectivity index (χ1n) is 6.68. The Labute approximate surface area is 112 Å². The van der Waals surface area contributed by atoms with E-state index in [0.717, 1.165) is 37.2 Å². The monoisotopic (exact) mass is 259 g/mol. The molecule has 1 fully saturated rings. The van der Waals surface area contributed by atoms with Crippen molar-refractivity contribution in [1.29, 1.82) is 0 Å². The number of hydrogen-bond donors (Lipinski definition) is 2. The Balaban J connectivity index is 1.77. The Morgan fingerprint density at radius 3 is 2.79 bits per heavy atom. The zero-order chi connectivity index (χ0) is 13.2. The van der Waals surface area contributed by atoms with Gasteiger partial charge in [0.2, 0.25) is 5.91 Å². The van der Waals surface area contributed by atoms with Crippen molar-refractivity contribution in [2.24, 2.45) is 0 Å². The SMILES string of the molecule is O=C1C[C@H](NC(=O)N2CCCC2)c2ccccc2N1. The molecule has 0 unspecified atom stereocenters. The van der Waals surface area contributed by atoms with Gasteiger partial charge in [0, 0.05) is 18.8 Å². The van der Waals surface area contributed by atoms with E-state index in [1.165, 1.54) is 0 Å². The van der Waals surface area contributed by atoms with E-state index in [1.54, 1.807) is 0 Å². The first kappa shape index (κ1) is 12.0. The number of fused-ring (bicyclic) bond motifs is 1. The number of carbonyl (C=O) groups excluding carboxylic acids is 2. The van der Waals surface area contributed by atoms with Crippen molar-refractivity contribution < 1.29 is 9.59 Å². The van der Waals surface area contributed by atoms with Crippen LogP contribution in [0.25, 0.3) is 0 Å². The standard InChI is InChI=1S/C14H17N3O2/c18-13-9-12(10-5-1-2-6-11(10)15-13)16-14(19)17-7-3-4-8-17/h1-2,5-6,12H,3-4,7-9H2,(H,15,18)(H,16,19)/t12-/m0/s1. The fourth-order valence-corrected chi connectivity index (χ4v) is 2.70. The van der Waals surface area contributed by atoms with E-state index in [9.17, 15) is 9.59 Å². The van der Waals surface area contributed by atoms with Gasteiger partial charge in [-0.25, -0.2) is 4.79 Å². The summed E-state index contributed by atoms with van der Waals surface area (Å²) in [4.78, 5) is 25.6. The van der Waals surface area contributed by atoms with Crippen LogP contribution in [0, 0.1) is 0 Å². The second kappa shape index (κ2) is 4.91. The van der Waals surface area contributed by atoms with E-state index in [4.69, 9.17) is 0 Å². The number of benzene rings is 1. The van der Waals surface area contributed by atoms with Gasteiger partial charge in [0.15, 0.2) is 0 Å². The summed E-state index contributed by atoms with van der Waals surface area (Å²) in [6, 6.07) is 7.32. The second-order valence-electron chi connectivity index (χ2n) is 5.04. The molecule has 0 radical (unpaired) electrons. The molecule has 100 valence electrons. The molecule has 0 aliphatic carbocycles. The first-order chi connectivity index (χ1) is 9.24. The van der Waals surface area contributed by atoms with Crippen molar-refractivity contribution in [2.75, 3.05) is 18.4 Å². The summed E-state index contributed by atoms with van der Waals surface area (Å²) in [7, 11) is 0. The fourth-order valence-electron chi connectivity index (χ4n) is 2.70. The summed E-state index contributed by atoms with van der Waals surface area (Å²) in [5.74, 6) is -0.0505. The van der Waals surface area contributed by atoms with Crippen LogP contribution in [0.5, 0.6) is 0 Å². The lowest BCUT2D eigenvalue weighted by Crippen LogP contribution is -2.42. The van der Waals surface area contributed by atoms with Gasteiger partial charge in [0.05, 0.1) is 12.5 Å². The van der Waals surface area contributed by atoms with Crippen LogP contribution in [-0.4, -0.2) is 29.9 Å². The molecule has 0 spiro atoms. The number of carbonyl (C=O) groups is 2. The van der Waals surface area contributed by atoms with Crippen LogP contribution in [0.3, 0.4) is 0 Å². The highest BCUT2D eigenvalue weighted by Gasteiger charge is 2.28. The van der Waals surface area contributed by atoms with Crippen LogP contribution in [0.1, 0.15) is 30.9 Å². The van der Waals surface area contributed by atoms with E-state index in [0.29, 0.717) is 6.42 Å². The lowest BCUT2D eigenvalue weighted by atomic mass is 9.97. The summed E-state index contributed by atoms with van der Waals surface area (Å²) in [5, 5.41) is 5.80. The van der Waals surface area contributed by atoms with Gasteiger partial charge in [0.25, 0.3) is 0 Å². The predicted octanol–water partition coefficient (Wildman–Crippen LogP) is 1.88. The van der Waals surface area contributed by atoms with E-state index in [2.05, 4.69) is 10.6 Å². The summed E-state index contributed by atoms with van der Waals surface area (Å²) in [5.41, 5.74) is 1.78. The number of hydrogen-bond acceptors (Lipinski definition) is 2. The van der Waals surface area contributed by atoms with Gasteiger partial charge >= 0.3 is 6.03 Å². The maximum atomic E-state index is 12.1. The Morgan fingerprint density at radius 1 is 1.26 bits per heavy atom. The molecule has 1 atom stereocenters. The minimum Gasteiger partial charge on any atom is -0.331 e. The number of nitrogens with zero attached hydrogens (tertiary/aromatic N) is 1. The molecular weight excluding hydrogens is 242 g/mol. The first-order valence-corrected chi connectivity index (χ1v) is 6.68. The number of urea groups is 1. The highest BCUT2D eigenvalue weighted by atomic mass is 16.2. The molecule has 1 aromatic rings. The summed E-state index contributed by atoms with van der Waals surface area (Å²) in [6.45, 7) is 1.62. The number of rotatable bonds is 1. The summed E-state index contributed by atoms with van der Waals surface area (Å²) >= 11 is 0. The van der Waals surface area contributed by atoms with E-state index in [1.807, 2.05) is 29.2 Å². The average molecular weight is 259 g/mol. The van der Waals surface area contributed by atoms with Gasteiger partial charge < -0.3 is 15.5 Å². The fraction of sp³-hybridized carbons (Fsp3) is 0.429. The smallest absolute Gasteiger partial charge is 0.317 e. The lowest BCUT2D eigenvalue weighted by molar-refractivity contribution is -0.116. The third-order valence-corrected chi connectivity index (χ3v) is 3.69. The topological polar surface area (TPSA) is 61.4 Å². The number of likely N-dealkylation sites (tertiary alicyclic amines) is 1. The molecule has 0 aromatic heterocycles. The molecule has 1 saturated heterocycles. The Kier molecular flexibility index (Phi) is 3.11. The lowest BCUT2D eigenvalue weighted by Gasteiger charge is -2.28. The quantitative estimate of drug-likeness (QED) is 0.809. The van der Waals surface area contributed by atoms with Gasteiger partial charge in [-0.2, -0.15) is 0 Å². The number of para-hydroxylation sites is 1. The molecule has 3 amide bonds. The van der Waals surface area contributed by atoms with Crippen molar-refractivity contribution in [3.05, 3.63) is 29.8 Å². The minimum absolute atomic E-state index is 0.0505. The molecule has 2 N–H and O–H groups in total. The second-order valence-corrected chi connectivity index (χ2v) is 5.04. The molecular formula is C14H17N3O2. The third-order valence-electron chi connectivity index (χ3n) is 3.69. The molecule has 0 bridgehead atoms. The minimum atomic E-state index is -0.224. The van der Waals surface area contributed by atoms with Gasteiger partial charge in [0.1, 0.15) is 0 Å². The van der Waals surface area contributed by atoms with Crippen LogP contribution in [-0.2, 0) is 4.79 Å². The zero-order valence-corrected chi connectivity index (χ0v) is 10.7. The Morgan fingerprint density at radius 2 is 2.00 bits per heavy atom. The number of nitrogens with one attached hydrogen (secondary N) is 2. The van der Waals surface area contributed by atoms with Gasteiger partial charge in [-0.3, -0.25) is 4.79 Å². The third kappa shape index (κ3) is 2.41. The molecule has 5 nitrogen and oxygen atoms in total. The highest BCUT2D eigenvalue weighted by molar-refractivity contribution is 5.95. The zero-order valence-electron chi connectivity index (χ0n) is 10.7. The summed E-state index contributed by atoms with van der Waals surface area (Å²) in [6.07, 6.45) is 2.43. The van der Waals surface area contributed by atoms with Crippen LogP contribution in [0.15, 0.2) is 24.3 Å². The summed E-state index contributed by atoms with van der Waals surface area (Å²) < 4.78 is 0. The highest BCUT2D eigenvalue weighted by Crippen LogP contribution is 2.30. The van der Waals surface area contributed by atoms with Crippen molar-refractivity contribution in [2.45, 2.75) is 25.3 Å². The van der Waals surface area contributed by atoms with Crippen LogP contribution in [0.2, 0.25) is 0 Å². The Bertz CT molecular complexity index is 509. The number of anilines is 1. The maximum absolute atomic E-state index is 12.1. The molecule has 5 heteroatoms. The normalized spacial score (nSPS) is 21.8. The molecule has 3 rings (SSSR count).